The molecule has 4 rings (SSSR count). The third-order valence-corrected chi connectivity index (χ3v) is 7.51. The van der Waals surface area contributed by atoms with Crippen molar-refractivity contribution in [2.75, 3.05) is 13.7 Å². The molecular weight excluding hydrogens is 566 g/mol. The van der Waals surface area contributed by atoms with Crippen LogP contribution in [0.1, 0.15) is 48.6 Å². The fourth-order valence-electron chi connectivity index (χ4n) is 5.02. The van der Waals surface area contributed by atoms with E-state index < -0.39 is 28.9 Å². The number of rotatable bonds is 12. The molecule has 0 bridgehead atoms. The lowest BCUT2D eigenvalue weighted by atomic mass is 9.68. The highest BCUT2D eigenvalue weighted by molar-refractivity contribution is 6.14. The van der Waals surface area contributed by atoms with Crippen molar-refractivity contribution in [3.8, 4) is 0 Å². The molecule has 0 aromatic heterocycles. The van der Waals surface area contributed by atoms with Crippen LogP contribution in [-0.2, 0) is 40.7 Å². The minimum absolute atomic E-state index is 0.0376. The maximum absolute atomic E-state index is 14.1. The number of benzene rings is 4. The molecule has 7 nitrogen and oxygen atoms in total. The number of methoxy groups -OCH3 is 1. The maximum Gasteiger partial charge on any atom is 0.339 e. The zero-order chi connectivity index (χ0) is 32.3. The van der Waals surface area contributed by atoms with Crippen LogP contribution in [0.3, 0.4) is 0 Å². The smallest absolute Gasteiger partial charge is 0.339 e. The zero-order valence-electron chi connectivity index (χ0n) is 25.9. The van der Waals surface area contributed by atoms with E-state index in [0.29, 0.717) is 17.9 Å². The van der Waals surface area contributed by atoms with Crippen LogP contribution in [0.2, 0.25) is 0 Å². The normalized spacial score (nSPS) is 12.5. The SMILES string of the molecule is CCOC(=O)/C=C/c1ccc(COC(=O)C(C)(C)[C@](N=C(c2ccccc2)c2ccccc2)(C(=O)OC)c2ccccc2)cc1. The Morgan fingerprint density at radius 2 is 1.24 bits per heavy atom. The monoisotopic (exact) mass is 603 g/mol. The van der Waals surface area contributed by atoms with Gasteiger partial charge in [0.1, 0.15) is 12.0 Å². The van der Waals surface area contributed by atoms with Gasteiger partial charge in [0.2, 0.25) is 0 Å². The number of hydrogen-bond donors (Lipinski definition) is 0. The Bertz CT molecular complexity index is 1600. The average Bonchev–Trinajstić information content (AvgIpc) is 3.08. The van der Waals surface area contributed by atoms with Crippen LogP contribution < -0.4 is 0 Å². The van der Waals surface area contributed by atoms with E-state index in [4.69, 9.17) is 19.2 Å². The Kier molecular flexibility index (Phi) is 10.8. The van der Waals surface area contributed by atoms with Crippen LogP contribution in [0.4, 0.5) is 0 Å². The van der Waals surface area contributed by atoms with Crippen molar-refractivity contribution < 1.29 is 28.6 Å². The Balaban J connectivity index is 1.76. The molecule has 0 fully saturated rings. The summed E-state index contributed by atoms with van der Waals surface area (Å²) in [6, 6.07) is 35.2. The molecule has 0 aliphatic carbocycles. The van der Waals surface area contributed by atoms with Gasteiger partial charge in [-0.25, -0.2) is 9.59 Å². The van der Waals surface area contributed by atoms with Crippen LogP contribution in [0.15, 0.2) is 126 Å². The molecule has 0 saturated heterocycles. The number of hydrogen-bond acceptors (Lipinski definition) is 7. The molecule has 230 valence electrons. The first-order valence-corrected chi connectivity index (χ1v) is 14.7. The van der Waals surface area contributed by atoms with Gasteiger partial charge in [0, 0.05) is 17.2 Å². The van der Waals surface area contributed by atoms with Crippen molar-refractivity contribution in [1.82, 2.24) is 0 Å². The van der Waals surface area contributed by atoms with Crippen LogP contribution in [0.25, 0.3) is 6.08 Å². The van der Waals surface area contributed by atoms with Gasteiger partial charge < -0.3 is 14.2 Å². The zero-order valence-corrected chi connectivity index (χ0v) is 25.9. The first-order chi connectivity index (χ1) is 21.7. The van der Waals surface area contributed by atoms with E-state index in [2.05, 4.69) is 0 Å². The van der Waals surface area contributed by atoms with Crippen molar-refractivity contribution in [2.24, 2.45) is 10.4 Å². The number of nitrogens with zero attached hydrogens (tertiary/aromatic N) is 1. The molecular formula is C38H37NO6. The van der Waals surface area contributed by atoms with Crippen LogP contribution >= 0.6 is 0 Å². The third kappa shape index (κ3) is 7.44. The van der Waals surface area contributed by atoms with Crippen molar-refractivity contribution in [3.05, 3.63) is 149 Å². The molecule has 1 atom stereocenters. The van der Waals surface area contributed by atoms with E-state index in [-0.39, 0.29) is 6.61 Å². The van der Waals surface area contributed by atoms with E-state index >= 15 is 0 Å². The predicted octanol–water partition coefficient (Wildman–Crippen LogP) is 6.94. The Morgan fingerprint density at radius 3 is 1.76 bits per heavy atom. The standard InChI is InChI=1S/C38H37NO6/c1-5-44-33(40)26-25-28-21-23-29(24-22-28)27-45-35(41)37(2,3)38(36(42)43-4,32-19-13-8-14-20-32)39-34(30-15-9-6-10-16-30)31-17-11-7-12-18-31/h6-26H,5,27H2,1-4H3/b26-25+/t38-/m1/s1. The summed E-state index contributed by atoms with van der Waals surface area (Å²) >= 11 is 0. The number of carbonyl (C=O) groups excluding carboxylic acids is 3. The highest BCUT2D eigenvalue weighted by Crippen LogP contribution is 2.46. The fourth-order valence-corrected chi connectivity index (χ4v) is 5.02. The van der Waals surface area contributed by atoms with E-state index in [1.807, 2.05) is 78.9 Å². The molecule has 0 saturated carbocycles. The first-order valence-electron chi connectivity index (χ1n) is 14.7. The van der Waals surface area contributed by atoms with Gasteiger partial charge in [-0.05, 0) is 43.5 Å². The first kappa shape index (κ1) is 32.6. The lowest BCUT2D eigenvalue weighted by Crippen LogP contribution is -2.53. The summed E-state index contributed by atoms with van der Waals surface area (Å²) in [7, 11) is 1.29. The second-order valence-electron chi connectivity index (χ2n) is 10.8. The summed E-state index contributed by atoms with van der Waals surface area (Å²) in [5.41, 5.74) is 0.730. The van der Waals surface area contributed by atoms with Gasteiger partial charge >= 0.3 is 17.9 Å². The van der Waals surface area contributed by atoms with Gasteiger partial charge in [-0.1, -0.05) is 115 Å². The molecule has 0 radical (unpaired) electrons. The van der Waals surface area contributed by atoms with E-state index in [1.54, 1.807) is 63.2 Å². The van der Waals surface area contributed by atoms with Crippen molar-refractivity contribution in [3.63, 3.8) is 0 Å². The summed E-state index contributed by atoms with van der Waals surface area (Å²) in [6.45, 7) is 5.32. The van der Waals surface area contributed by atoms with Crippen molar-refractivity contribution in [2.45, 2.75) is 32.9 Å². The molecule has 0 spiro atoms. The van der Waals surface area contributed by atoms with Gasteiger partial charge in [0.05, 0.1) is 19.4 Å². The highest BCUT2D eigenvalue weighted by atomic mass is 16.5. The molecule has 0 amide bonds. The van der Waals surface area contributed by atoms with E-state index in [0.717, 1.165) is 22.3 Å². The minimum atomic E-state index is -1.82. The number of aliphatic imine (C=N–C) groups is 1. The van der Waals surface area contributed by atoms with Gasteiger partial charge in [0.25, 0.3) is 0 Å². The van der Waals surface area contributed by atoms with Gasteiger partial charge in [-0.3, -0.25) is 9.79 Å². The molecule has 0 N–H and O–H groups in total. The Labute approximate surface area is 264 Å². The Hall–Kier alpha value is -5.30. The summed E-state index contributed by atoms with van der Waals surface area (Å²) in [5.74, 6) is -1.75. The minimum Gasteiger partial charge on any atom is -0.467 e. The number of carbonyl (C=O) groups is 3. The second-order valence-corrected chi connectivity index (χ2v) is 10.8. The topological polar surface area (TPSA) is 91.3 Å². The molecule has 0 heterocycles. The largest absolute Gasteiger partial charge is 0.467 e. The van der Waals surface area contributed by atoms with Crippen LogP contribution in [0.5, 0.6) is 0 Å². The van der Waals surface area contributed by atoms with Gasteiger partial charge in [-0.2, -0.15) is 0 Å². The molecule has 45 heavy (non-hydrogen) atoms. The molecule has 4 aromatic rings. The number of esters is 3. The predicted molar refractivity (Wildman–Crippen MR) is 174 cm³/mol. The summed E-state index contributed by atoms with van der Waals surface area (Å²) in [5, 5.41) is 0. The summed E-state index contributed by atoms with van der Waals surface area (Å²) in [4.78, 5) is 45.0. The molecule has 7 heteroatoms. The van der Waals surface area contributed by atoms with Crippen LogP contribution in [-0.4, -0.2) is 37.3 Å². The molecule has 0 aliphatic rings. The second kappa shape index (κ2) is 14.9. The lowest BCUT2D eigenvalue weighted by molar-refractivity contribution is -0.169. The van der Waals surface area contributed by atoms with Crippen molar-refractivity contribution >= 4 is 29.7 Å². The number of ether oxygens (including phenoxy) is 3. The summed E-state index contributed by atoms with van der Waals surface area (Å²) < 4.78 is 16.2. The molecule has 0 aliphatic heterocycles. The molecule has 0 unspecified atom stereocenters. The van der Waals surface area contributed by atoms with Crippen LogP contribution in [0, 0.1) is 5.41 Å². The molecule has 4 aromatic carbocycles. The highest BCUT2D eigenvalue weighted by Gasteiger charge is 2.59. The third-order valence-electron chi connectivity index (χ3n) is 7.51. The van der Waals surface area contributed by atoms with Crippen molar-refractivity contribution in [1.29, 1.82) is 0 Å². The quantitative estimate of drug-likeness (QED) is 0.0754. The average molecular weight is 604 g/mol. The lowest BCUT2D eigenvalue weighted by Gasteiger charge is -2.40. The van der Waals surface area contributed by atoms with Gasteiger partial charge in [-0.15, -0.1) is 0 Å². The Morgan fingerprint density at radius 1 is 0.711 bits per heavy atom. The fraction of sp³-hybridized carbons (Fsp3) is 0.211. The van der Waals surface area contributed by atoms with E-state index in [1.165, 1.54) is 13.2 Å². The summed E-state index contributed by atoms with van der Waals surface area (Å²) in [6.07, 6.45) is 3.01. The van der Waals surface area contributed by atoms with Gasteiger partial charge in [0.15, 0.2) is 5.54 Å². The van der Waals surface area contributed by atoms with E-state index in [9.17, 15) is 14.4 Å². The maximum atomic E-state index is 14.1.